The molecular weight excluding hydrogens is 295 g/mol. The van der Waals surface area contributed by atoms with Crippen molar-refractivity contribution in [1.29, 1.82) is 0 Å². The Balaban J connectivity index is 2.38. The van der Waals surface area contributed by atoms with Crippen LogP contribution in [0.25, 0.3) is 0 Å². The maximum absolute atomic E-state index is 13.0. The number of rotatable bonds is 3. The van der Waals surface area contributed by atoms with Gasteiger partial charge in [0.05, 0.1) is 10.6 Å². The summed E-state index contributed by atoms with van der Waals surface area (Å²) < 4.78 is 64.3. The average Bonchev–Trinajstić information content (AvgIpc) is 2.36. The highest BCUT2D eigenvalue weighted by molar-refractivity contribution is 7.92. The molecule has 8 heteroatoms. The molecule has 20 heavy (non-hydrogen) atoms. The van der Waals surface area contributed by atoms with Gasteiger partial charge in [-0.25, -0.2) is 21.6 Å². The minimum atomic E-state index is -4.23. The molecule has 0 aliphatic heterocycles. The van der Waals surface area contributed by atoms with Crippen molar-refractivity contribution in [1.82, 2.24) is 0 Å². The maximum Gasteiger partial charge on any atom is 0.262 e. The summed E-state index contributed by atoms with van der Waals surface area (Å²) in [6.45, 7) is 0. The van der Waals surface area contributed by atoms with Crippen molar-refractivity contribution in [2.45, 2.75) is 4.90 Å². The van der Waals surface area contributed by atoms with Crippen molar-refractivity contribution in [3.05, 3.63) is 53.8 Å². The van der Waals surface area contributed by atoms with Crippen LogP contribution < -0.4 is 4.72 Å². The molecule has 2 aromatic rings. The van der Waals surface area contributed by atoms with Crippen LogP contribution in [0.3, 0.4) is 0 Å². The Morgan fingerprint density at radius 1 is 0.950 bits per heavy atom. The molecule has 0 bridgehead atoms. The van der Waals surface area contributed by atoms with Crippen molar-refractivity contribution < 1.29 is 26.7 Å². The van der Waals surface area contributed by atoms with Gasteiger partial charge < -0.3 is 5.11 Å². The Morgan fingerprint density at radius 3 is 2.25 bits per heavy atom. The molecular formula is C12H8F3NO3S. The van der Waals surface area contributed by atoms with E-state index in [0.717, 1.165) is 18.2 Å². The van der Waals surface area contributed by atoms with E-state index in [1.54, 1.807) is 0 Å². The number of anilines is 1. The molecule has 2 rings (SSSR count). The number of sulfonamides is 1. The van der Waals surface area contributed by atoms with E-state index < -0.39 is 38.1 Å². The highest BCUT2D eigenvalue weighted by atomic mass is 32.2. The van der Waals surface area contributed by atoms with Crippen LogP contribution in [0.1, 0.15) is 0 Å². The average molecular weight is 303 g/mol. The van der Waals surface area contributed by atoms with Gasteiger partial charge in [-0.05, 0) is 30.3 Å². The number of phenolic OH excluding ortho intramolecular Hbond substituents is 1. The topological polar surface area (TPSA) is 66.4 Å². The Bertz CT molecular complexity index is 763. The van der Waals surface area contributed by atoms with E-state index in [-0.39, 0.29) is 5.69 Å². The maximum atomic E-state index is 13.0. The number of nitrogens with one attached hydrogen (secondary N) is 1. The van der Waals surface area contributed by atoms with Gasteiger partial charge >= 0.3 is 0 Å². The number of hydrogen-bond donors (Lipinski definition) is 2. The summed E-state index contributed by atoms with van der Waals surface area (Å²) in [5.74, 6) is -3.89. The van der Waals surface area contributed by atoms with Crippen LogP contribution in [0.4, 0.5) is 18.9 Å². The summed E-state index contributed by atoms with van der Waals surface area (Å²) in [4.78, 5) is -0.528. The molecule has 2 N–H and O–H groups in total. The first kappa shape index (κ1) is 14.2. The van der Waals surface area contributed by atoms with E-state index in [0.29, 0.717) is 18.2 Å². The Hall–Kier alpha value is -2.22. The molecule has 0 atom stereocenters. The first-order valence-corrected chi connectivity index (χ1v) is 6.74. The molecule has 0 saturated carbocycles. The van der Waals surface area contributed by atoms with Gasteiger partial charge in [-0.15, -0.1) is 0 Å². The molecule has 106 valence electrons. The first-order chi connectivity index (χ1) is 9.29. The molecule has 0 fully saturated rings. The first-order valence-electron chi connectivity index (χ1n) is 5.26. The van der Waals surface area contributed by atoms with Crippen molar-refractivity contribution in [3.8, 4) is 5.75 Å². The third-order valence-corrected chi connectivity index (χ3v) is 3.77. The van der Waals surface area contributed by atoms with Crippen LogP contribution in [0, 0.1) is 17.5 Å². The number of benzene rings is 2. The summed E-state index contributed by atoms with van der Waals surface area (Å²) in [6, 6.07) is 4.67. The van der Waals surface area contributed by atoms with Gasteiger partial charge in [0.2, 0.25) is 0 Å². The highest BCUT2D eigenvalue weighted by Gasteiger charge is 2.18. The van der Waals surface area contributed by atoms with Crippen molar-refractivity contribution in [3.63, 3.8) is 0 Å². The molecule has 0 unspecified atom stereocenters. The molecule has 0 aromatic heterocycles. The minimum absolute atomic E-state index is 0.281. The van der Waals surface area contributed by atoms with Gasteiger partial charge in [-0.2, -0.15) is 0 Å². The standard InChI is InChI=1S/C12H8F3NO3S/c13-7-1-4-11(12(17)5-7)16-20(18,19)8-2-3-9(14)10(15)6-8/h1-6,16-17H. The van der Waals surface area contributed by atoms with Gasteiger partial charge in [-0.1, -0.05) is 0 Å². The quantitative estimate of drug-likeness (QED) is 0.857. The van der Waals surface area contributed by atoms with Crippen LogP contribution in [0.5, 0.6) is 5.75 Å². The van der Waals surface area contributed by atoms with Crippen molar-refractivity contribution in [2.24, 2.45) is 0 Å². The largest absolute Gasteiger partial charge is 0.506 e. The summed E-state index contributed by atoms with van der Waals surface area (Å²) >= 11 is 0. The van der Waals surface area contributed by atoms with E-state index in [4.69, 9.17) is 0 Å². The third-order valence-electron chi connectivity index (χ3n) is 2.41. The van der Waals surface area contributed by atoms with E-state index >= 15 is 0 Å². The van der Waals surface area contributed by atoms with Gasteiger partial charge in [0.15, 0.2) is 11.6 Å². The smallest absolute Gasteiger partial charge is 0.262 e. The lowest BCUT2D eigenvalue weighted by Crippen LogP contribution is -2.13. The normalized spacial score (nSPS) is 11.3. The zero-order valence-corrected chi connectivity index (χ0v) is 10.6. The zero-order chi connectivity index (χ0) is 14.9. The monoisotopic (exact) mass is 303 g/mol. The van der Waals surface area contributed by atoms with Gasteiger partial charge in [0.1, 0.15) is 11.6 Å². The van der Waals surface area contributed by atoms with Gasteiger partial charge in [-0.3, -0.25) is 4.72 Å². The third kappa shape index (κ3) is 2.85. The number of aromatic hydroxyl groups is 1. The van der Waals surface area contributed by atoms with Crippen LogP contribution in [-0.4, -0.2) is 13.5 Å². The van der Waals surface area contributed by atoms with Gasteiger partial charge in [0.25, 0.3) is 10.0 Å². The summed E-state index contributed by atoms with van der Waals surface area (Å²) in [7, 11) is -4.23. The molecule has 0 saturated heterocycles. The predicted octanol–water partition coefficient (Wildman–Crippen LogP) is 2.61. The lowest BCUT2D eigenvalue weighted by Gasteiger charge is -2.09. The van der Waals surface area contributed by atoms with E-state index in [1.807, 2.05) is 4.72 Å². The lowest BCUT2D eigenvalue weighted by atomic mass is 10.3. The summed E-state index contributed by atoms with van der Waals surface area (Å²) in [5.41, 5.74) is -0.281. The molecule has 4 nitrogen and oxygen atoms in total. The fourth-order valence-electron chi connectivity index (χ4n) is 1.44. The Morgan fingerprint density at radius 2 is 1.65 bits per heavy atom. The molecule has 0 radical (unpaired) electrons. The fraction of sp³-hybridized carbons (Fsp3) is 0. The minimum Gasteiger partial charge on any atom is -0.506 e. The second-order valence-corrected chi connectivity index (χ2v) is 5.53. The fourth-order valence-corrected chi connectivity index (χ4v) is 2.52. The second kappa shape index (κ2) is 5.04. The van der Waals surface area contributed by atoms with Crippen molar-refractivity contribution >= 4 is 15.7 Å². The molecule has 0 heterocycles. The summed E-state index contributed by atoms with van der Waals surface area (Å²) in [5, 5.41) is 9.40. The SMILES string of the molecule is O=S(=O)(Nc1ccc(F)cc1O)c1ccc(F)c(F)c1. The number of phenols is 1. The zero-order valence-electron chi connectivity index (χ0n) is 9.77. The van der Waals surface area contributed by atoms with E-state index in [9.17, 15) is 26.7 Å². The van der Waals surface area contributed by atoms with Crippen LogP contribution >= 0.6 is 0 Å². The van der Waals surface area contributed by atoms with Crippen LogP contribution in [-0.2, 0) is 10.0 Å². The molecule has 0 aliphatic rings. The van der Waals surface area contributed by atoms with Crippen LogP contribution in [0.15, 0.2) is 41.3 Å². The Kier molecular flexibility index (Phi) is 3.58. The van der Waals surface area contributed by atoms with E-state index in [1.165, 1.54) is 0 Å². The number of hydrogen-bond acceptors (Lipinski definition) is 3. The molecule has 0 aliphatic carbocycles. The highest BCUT2D eigenvalue weighted by Crippen LogP contribution is 2.26. The second-order valence-electron chi connectivity index (χ2n) is 3.84. The number of halogens is 3. The van der Waals surface area contributed by atoms with Crippen LogP contribution in [0.2, 0.25) is 0 Å². The van der Waals surface area contributed by atoms with E-state index in [2.05, 4.69) is 0 Å². The molecule has 0 amide bonds. The van der Waals surface area contributed by atoms with Gasteiger partial charge in [0, 0.05) is 6.07 Å². The molecule has 0 spiro atoms. The Labute approximate surface area is 112 Å². The van der Waals surface area contributed by atoms with Crippen molar-refractivity contribution in [2.75, 3.05) is 4.72 Å². The predicted molar refractivity (Wildman–Crippen MR) is 65.2 cm³/mol. The summed E-state index contributed by atoms with van der Waals surface area (Å²) in [6.07, 6.45) is 0. The molecule has 2 aromatic carbocycles. The lowest BCUT2D eigenvalue weighted by molar-refractivity contribution is 0.471.